The minimum atomic E-state index is -0.212. The summed E-state index contributed by atoms with van der Waals surface area (Å²) in [7, 11) is 0. The molecule has 0 aliphatic heterocycles. The molecule has 0 aliphatic carbocycles. The van der Waals surface area contributed by atoms with Gasteiger partial charge in [0.1, 0.15) is 0 Å². The van der Waals surface area contributed by atoms with Crippen LogP contribution < -0.4 is 15.5 Å². The Bertz CT molecular complexity index is 433. The molecule has 4 nitrogen and oxygen atoms in total. The molecule has 5 heteroatoms. The van der Waals surface area contributed by atoms with Crippen molar-refractivity contribution in [3.63, 3.8) is 0 Å². The van der Waals surface area contributed by atoms with Crippen LogP contribution in [-0.2, 0) is 0 Å². The zero-order chi connectivity index (χ0) is 15.0. The van der Waals surface area contributed by atoms with Crippen LogP contribution >= 0.6 is 11.6 Å². The molecule has 0 saturated heterocycles. The van der Waals surface area contributed by atoms with Gasteiger partial charge >= 0.3 is 6.03 Å². The Hall–Kier alpha value is -1.42. The van der Waals surface area contributed by atoms with E-state index in [1.54, 1.807) is 0 Å². The number of rotatable bonds is 7. The quantitative estimate of drug-likeness (QED) is 0.744. The number of urea groups is 1. The van der Waals surface area contributed by atoms with Crippen molar-refractivity contribution < 1.29 is 4.79 Å². The molecule has 0 bridgehead atoms. The normalized spacial score (nSPS) is 10.2. The van der Waals surface area contributed by atoms with Crippen molar-refractivity contribution in [2.45, 2.75) is 33.6 Å². The first kappa shape index (κ1) is 16.6. The number of halogens is 1. The second kappa shape index (κ2) is 8.69. The maximum Gasteiger partial charge on any atom is 0.319 e. The summed E-state index contributed by atoms with van der Waals surface area (Å²) < 4.78 is 0. The molecule has 112 valence electrons. The summed E-state index contributed by atoms with van der Waals surface area (Å²) in [5, 5.41) is 6.13. The number of carbonyl (C=O) groups excluding carboxylic acids is 1. The lowest BCUT2D eigenvalue weighted by Crippen LogP contribution is -2.29. The van der Waals surface area contributed by atoms with Crippen LogP contribution in [0.1, 0.15) is 33.6 Å². The third-order valence-electron chi connectivity index (χ3n) is 3.15. The lowest BCUT2D eigenvalue weighted by Gasteiger charge is -2.21. The highest BCUT2D eigenvalue weighted by Gasteiger charge is 2.08. The molecule has 1 rings (SSSR count). The largest absolute Gasteiger partial charge is 0.372 e. The second-order valence-corrected chi connectivity index (χ2v) is 4.98. The Labute approximate surface area is 126 Å². The summed E-state index contributed by atoms with van der Waals surface area (Å²) in [6.45, 7) is 8.82. The van der Waals surface area contributed by atoms with Gasteiger partial charge in [-0.3, -0.25) is 0 Å². The SMILES string of the molecule is CCCCNC(=O)Nc1ccc(N(CC)CC)cc1Cl. The van der Waals surface area contributed by atoms with E-state index < -0.39 is 0 Å². The van der Waals surface area contributed by atoms with E-state index in [9.17, 15) is 4.79 Å². The van der Waals surface area contributed by atoms with Crippen LogP contribution in [0.25, 0.3) is 0 Å². The summed E-state index contributed by atoms with van der Waals surface area (Å²) in [6.07, 6.45) is 2.03. The molecule has 0 aliphatic rings. The molecule has 2 N–H and O–H groups in total. The Kier molecular flexibility index (Phi) is 7.23. The average Bonchev–Trinajstić information content (AvgIpc) is 2.43. The van der Waals surface area contributed by atoms with E-state index in [0.29, 0.717) is 17.3 Å². The molecule has 0 unspecified atom stereocenters. The highest BCUT2D eigenvalue weighted by molar-refractivity contribution is 6.34. The van der Waals surface area contributed by atoms with Crippen molar-refractivity contribution in [1.82, 2.24) is 5.32 Å². The highest BCUT2D eigenvalue weighted by Crippen LogP contribution is 2.27. The van der Waals surface area contributed by atoms with Gasteiger partial charge in [-0.25, -0.2) is 4.79 Å². The van der Waals surface area contributed by atoms with Crippen molar-refractivity contribution in [1.29, 1.82) is 0 Å². The summed E-state index contributed by atoms with van der Waals surface area (Å²) in [4.78, 5) is 13.9. The first-order chi connectivity index (χ1) is 9.62. The van der Waals surface area contributed by atoms with Crippen molar-refractivity contribution in [3.8, 4) is 0 Å². The number of benzene rings is 1. The van der Waals surface area contributed by atoms with Crippen LogP contribution in [0.4, 0.5) is 16.2 Å². The fraction of sp³-hybridized carbons (Fsp3) is 0.533. The van der Waals surface area contributed by atoms with Crippen LogP contribution in [0.15, 0.2) is 18.2 Å². The van der Waals surface area contributed by atoms with E-state index in [-0.39, 0.29) is 6.03 Å². The smallest absolute Gasteiger partial charge is 0.319 e. The number of nitrogens with zero attached hydrogens (tertiary/aromatic N) is 1. The van der Waals surface area contributed by atoms with Gasteiger partial charge in [0.05, 0.1) is 10.7 Å². The number of carbonyl (C=O) groups is 1. The van der Waals surface area contributed by atoms with Gasteiger partial charge < -0.3 is 15.5 Å². The van der Waals surface area contributed by atoms with Gasteiger partial charge in [0, 0.05) is 25.3 Å². The van der Waals surface area contributed by atoms with Gasteiger partial charge in [0.15, 0.2) is 0 Å². The molecule has 2 amide bonds. The zero-order valence-electron chi connectivity index (χ0n) is 12.5. The molecule has 1 aromatic rings. The molecular weight excluding hydrogens is 274 g/mol. The molecule has 20 heavy (non-hydrogen) atoms. The maximum atomic E-state index is 11.7. The lowest BCUT2D eigenvalue weighted by atomic mass is 10.2. The fourth-order valence-corrected chi connectivity index (χ4v) is 2.16. The van der Waals surface area contributed by atoms with Gasteiger partial charge in [-0.05, 0) is 38.5 Å². The summed E-state index contributed by atoms with van der Waals surface area (Å²) in [6, 6.07) is 5.49. The third-order valence-corrected chi connectivity index (χ3v) is 3.46. The van der Waals surface area contributed by atoms with Crippen LogP contribution in [0, 0.1) is 0 Å². The zero-order valence-corrected chi connectivity index (χ0v) is 13.3. The van der Waals surface area contributed by atoms with E-state index in [1.807, 2.05) is 18.2 Å². The first-order valence-electron chi connectivity index (χ1n) is 7.21. The van der Waals surface area contributed by atoms with E-state index >= 15 is 0 Å². The molecule has 0 spiro atoms. The van der Waals surface area contributed by atoms with Gasteiger partial charge in [-0.15, -0.1) is 0 Å². The van der Waals surface area contributed by atoms with Gasteiger partial charge in [0.2, 0.25) is 0 Å². The van der Waals surface area contributed by atoms with E-state index in [2.05, 4.69) is 36.3 Å². The van der Waals surface area contributed by atoms with Crippen molar-refractivity contribution >= 4 is 29.0 Å². The number of hydrogen-bond donors (Lipinski definition) is 2. The van der Waals surface area contributed by atoms with Crippen molar-refractivity contribution in [3.05, 3.63) is 23.2 Å². The lowest BCUT2D eigenvalue weighted by molar-refractivity contribution is 0.252. The number of hydrogen-bond acceptors (Lipinski definition) is 2. The molecule has 0 saturated carbocycles. The monoisotopic (exact) mass is 297 g/mol. The van der Waals surface area contributed by atoms with Crippen LogP contribution in [0.3, 0.4) is 0 Å². The Morgan fingerprint density at radius 1 is 1.25 bits per heavy atom. The Balaban J connectivity index is 2.66. The summed E-state index contributed by atoms with van der Waals surface area (Å²) in [5.41, 5.74) is 1.70. The standard InChI is InChI=1S/C15H24ClN3O/c1-4-7-10-17-15(20)18-14-9-8-12(11-13(14)16)19(5-2)6-3/h8-9,11H,4-7,10H2,1-3H3,(H2,17,18,20). The maximum absolute atomic E-state index is 11.7. The molecule has 0 fully saturated rings. The van der Waals surface area contributed by atoms with Crippen LogP contribution in [-0.4, -0.2) is 25.7 Å². The third kappa shape index (κ3) is 4.93. The molecule has 0 radical (unpaired) electrons. The summed E-state index contributed by atoms with van der Waals surface area (Å²) >= 11 is 6.22. The first-order valence-corrected chi connectivity index (χ1v) is 7.59. The Morgan fingerprint density at radius 2 is 1.95 bits per heavy atom. The minimum absolute atomic E-state index is 0.212. The predicted molar refractivity (Wildman–Crippen MR) is 86.9 cm³/mol. The number of unbranched alkanes of at least 4 members (excludes halogenated alkanes) is 1. The van der Waals surface area contributed by atoms with Gasteiger partial charge in [0.25, 0.3) is 0 Å². The van der Waals surface area contributed by atoms with E-state index in [4.69, 9.17) is 11.6 Å². The fourth-order valence-electron chi connectivity index (χ4n) is 1.94. The number of amides is 2. The molecular formula is C15H24ClN3O. The minimum Gasteiger partial charge on any atom is -0.372 e. The number of anilines is 2. The molecule has 0 aromatic heterocycles. The predicted octanol–water partition coefficient (Wildman–Crippen LogP) is 4.11. The topological polar surface area (TPSA) is 44.4 Å². The molecule has 1 aromatic carbocycles. The molecule has 0 atom stereocenters. The second-order valence-electron chi connectivity index (χ2n) is 4.57. The van der Waals surface area contributed by atoms with Crippen LogP contribution in [0.2, 0.25) is 5.02 Å². The molecule has 0 heterocycles. The van der Waals surface area contributed by atoms with Crippen molar-refractivity contribution in [2.24, 2.45) is 0 Å². The number of nitrogens with one attached hydrogen (secondary N) is 2. The average molecular weight is 298 g/mol. The van der Waals surface area contributed by atoms with Crippen molar-refractivity contribution in [2.75, 3.05) is 29.9 Å². The van der Waals surface area contributed by atoms with Gasteiger partial charge in [-0.2, -0.15) is 0 Å². The Morgan fingerprint density at radius 3 is 2.50 bits per heavy atom. The van der Waals surface area contributed by atoms with E-state index in [0.717, 1.165) is 31.6 Å². The highest BCUT2D eigenvalue weighted by atomic mass is 35.5. The van der Waals surface area contributed by atoms with Crippen LogP contribution in [0.5, 0.6) is 0 Å². The van der Waals surface area contributed by atoms with Gasteiger partial charge in [-0.1, -0.05) is 24.9 Å². The van der Waals surface area contributed by atoms with E-state index in [1.165, 1.54) is 0 Å². The summed E-state index contributed by atoms with van der Waals surface area (Å²) in [5.74, 6) is 0.